The number of hydrogen-bond donors (Lipinski definition) is 2. The topological polar surface area (TPSA) is 89.3 Å². The van der Waals surface area contributed by atoms with Gasteiger partial charge in [-0.3, -0.25) is 4.79 Å². The summed E-state index contributed by atoms with van der Waals surface area (Å²) in [4.78, 5) is 11.8. The highest BCUT2D eigenvalue weighted by molar-refractivity contribution is 7.89. The minimum absolute atomic E-state index is 0.0850. The van der Waals surface area contributed by atoms with E-state index in [1.54, 1.807) is 0 Å². The molecule has 2 aromatic carbocycles. The van der Waals surface area contributed by atoms with Crippen LogP contribution in [0.15, 0.2) is 47.4 Å². The van der Waals surface area contributed by atoms with Crippen molar-refractivity contribution in [1.82, 2.24) is 0 Å². The lowest BCUT2D eigenvalue weighted by Crippen LogP contribution is -2.14. The summed E-state index contributed by atoms with van der Waals surface area (Å²) in [6.45, 7) is 0. The molecule has 2 rings (SSSR count). The van der Waals surface area contributed by atoms with Gasteiger partial charge in [0.2, 0.25) is 10.0 Å². The molecule has 2 aromatic rings. The first-order valence-electron chi connectivity index (χ1n) is 5.66. The van der Waals surface area contributed by atoms with Crippen LogP contribution in [-0.2, 0) is 10.0 Å². The minimum Gasteiger partial charge on any atom is -0.322 e. The van der Waals surface area contributed by atoms with E-state index >= 15 is 0 Å². The van der Waals surface area contributed by atoms with Gasteiger partial charge in [0.15, 0.2) is 0 Å². The Morgan fingerprint density at radius 3 is 2.29 bits per heavy atom. The first-order chi connectivity index (χ1) is 9.77. The van der Waals surface area contributed by atoms with Gasteiger partial charge in [0.05, 0.1) is 10.5 Å². The van der Waals surface area contributed by atoms with E-state index in [4.69, 9.17) is 16.7 Å². The second kappa shape index (κ2) is 5.80. The zero-order valence-corrected chi connectivity index (χ0v) is 12.1. The Balaban J connectivity index is 2.20. The SMILES string of the molecule is NS(=O)(=O)c1ccc(NC(=O)c2ccc(Cl)cc2F)cc1. The van der Waals surface area contributed by atoms with Gasteiger partial charge in [-0.25, -0.2) is 17.9 Å². The van der Waals surface area contributed by atoms with Crippen LogP contribution in [0.2, 0.25) is 5.02 Å². The molecule has 0 aliphatic carbocycles. The average molecular weight is 329 g/mol. The Morgan fingerprint density at radius 1 is 1.14 bits per heavy atom. The number of anilines is 1. The zero-order chi connectivity index (χ0) is 15.6. The zero-order valence-electron chi connectivity index (χ0n) is 10.5. The molecule has 0 heterocycles. The molecule has 0 aliphatic heterocycles. The summed E-state index contributed by atoms with van der Waals surface area (Å²) in [5.41, 5.74) is 0.136. The van der Waals surface area contributed by atoms with E-state index in [-0.39, 0.29) is 15.5 Å². The third-order valence-corrected chi connectivity index (χ3v) is 3.78. The number of primary sulfonamides is 1. The van der Waals surface area contributed by atoms with E-state index in [0.717, 1.165) is 6.07 Å². The number of nitrogens with one attached hydrogen (secondary N) is 1. The van der Waals surface area contributed by atoms with E-state index < -0.39 is 21.7 Å². The van der Waals surface area contributed by atoms with Crippen molar-refractivity contribution in [1.29, 1.82) is 0 Å². The summed E-state index contributed by atoms with van der Waals surface area (Å²) in [7, 11) is -3.80. The number of benzene rings is 2. The number of amides is 1. The Labute approximate surface area is 125 Å². The molecule has 0 fully saturated rings. The lowest BCUT2D eigenvalue weighted by molar-refractivity contribution is 0.102. The number of nitrogens with two attached hydrogens (primary N) is 1. The van der Waals surface area contributed by atoms with Crippen molar-refractivity contribution >= 4 is 33.2 Å². The number of carbonyl (C=O) groups excluding carboxylic acids is 1. The Bertz CT molecular complexity index is 792. The largest absolute Gasteiger partial charge is 0.322 e. The van der Waals surface area contributed by atoms with Crippen molar-refractivity contribution in [2.75, 3.05) is 5.32 Å². The van der Waals surface area contributed by atoms with Crippen LogP contribution in [0.3, 0.4) is 0 Å². The van der Waals surface area contributed by atoms with E-state index in [0.29, 0.717) is 5.69 Å². The van der Waals surface area contributed by atoms with Gasteiger partial charge in [0.25, 0.3) is 5.91 Å². The first kappa shape index (κ1) is 15.4. The molecular formula is C13H10ClFN2O3S. The monoisotopic (exact) mass is 328 g/mol. The van der Waals surface area contributed by atoms with Gasteiger partial charge in [0, 0.05) is 10.7 Å². The summed E-state index contributed by atoms with van der Waals surface area (Å²) in [6, 6.07) is 8.86. The second-order valence-electron chi connectivity index (χ2n) is 4.15. The molecule has 1 amide bonds. The normalized spacial score (nSPS) is 11.2. The minimum atomic E-state index is -3.80. The van der Waals surface area contributed by atoms with Gasteiger partial charge in [-0.05, 0) is 42.5 Å². The molecule has 5 nitrogen and oxygen atoms in total. The molecule has 0 saturated carbocycles. The molecule has 110 valence electrons. The highest BCUT2D eigenvalue weighted by atomic mass is 35.5. The summed E-state index contributed by atoms with van der Waals surface area (Å²) in [5.74, 6) is -1.42. The van der Waals surface area contributed by atoms with Crippen LogP contribution >= 0.6 is 11.6 Å². The molecule has 0 bridgehead atoms. The average Bonchev–Trinajstić information content (AvgIpc) is 2.38. The van der Waals surface area contributed by atoms with Crippen molar-refractivity contribution in [2.24, 2.45) is 5.14 Å². The van der Waals surface area contributed by atoms with Crippen molar-refractivity contribution in [2.45, 2.75) is 4.90 Å². The maximum atomic E-state index is 13.6. The first-order valence-corrected chi connectivity index (χ1v) is 7.59. The lowest BCUT2D eigenvalue weighted by atomic mass is 10.2. The van der Waals surface area contributed by atoms with Gasteiger partial charge in [-0.15, -0.1) is 0 Å². The standard InChI is InChI=1S/C13H10ClFN2O3S/c14-8-1-6-11(12(15)7-8)13(18)17-9-2-4-10(5-3-9)21(16,19)20/h1-7H,(H,17,18)(H2,16,19,20). The lowest BCUT2D eigenvalue weighted by Gasteiger charge is -2.07. The Hall–Kier alpha value is -1.96. The summed E-state index contributed by atoms with van der Waals surface area (Å²) < 4.78 is 35.8. The van der Waals surface area contributed by atoms with Crippen LogP contribution in [0.25, 0.3) is 0 Å². The molecule has 0 radical (unpaired) electrons. The van der Waals surface area contributed by atoms with Crippen LogP contribution < -0.4 is 10.5 Å². The quantitative estimate of drug-likeness (QED) is 0.906. The Kier molecular flexibility index (Phi) is 4.26. The van der Waals surface area contributed by atoms with Gasteiger partial charge in [-0.1, -0.05) is 11.6 Å². The van der Waals surface area contributed by atoms with Crippen molar-refractivity contribution in [3.05, 3.63) is 58.9 Å². The van der Waals surface area contributed by atoms with E-state index in [9.17, 15) is 17.6 Å². The number of carbonyl (C=O) groups is 1. The van der Waals surface area contributed by atoms with Gasteiger partial charge >= 0.3 is 0 Å². The van der Waals surface area contributed by atoms with Crippen LogP contribution in [0.5, 0.6) is 0 Å². The second-order valence-corrected chi connectivity index (χ2v) is 6.15. The van der Waals surface area contributed by atoms with E-state index in [1.807, 2.05) is 0 Å². The molecular weight excluding hydrogens is 319 g/mol. The molecule has 0 aliphatic rings. The van der Waals surface area contributed by atoms with Gasteiger partial charge in [0.1, 0.15) is 5.82 Å². The number of hydrogen-bond acceptors (Lipinski definition) is 3. The predicted molar refractivity (Wildman–Crippen MR) is 77.2 cm³/mol. The number of halogens is 2. The van der Waals surface area contributed by atoms with Crippen LogP contribution in [0, 0.1) is 5.82 Å². The molecule has 0 saturated heterocycles. The van der Waals surface area contributed by atoms with Gasteiger partial charge < -0.3 is 5.32 Å². The summed E-state index contributed by atoms with van der Waals surface area (Å²) in [5, 5.41) is 7.58. The van der Waals surface area contributed by atoms with Crippen molar-refractivity contribution in [3.63, 3.8) is 0 Å². The Morgan fingerprint density at radius 2 is 1.76 bits per heavy atom. The molecule has 21 heavy (non-hydrogen) atoms. The molecule has 8 heteroatoms. The van der Waals surface area contributed by atoms with Crippen LogP contribution in [0.4, 0.5) is 10.1 Å². The number of rotatable bonds is 3. The summed E-state index contributed by atoms with van der Waals surface area (Å²) in [6.07, 6.45) is 0. The third-order valence-electron chi connectivity index (χ3n) is 2.62. The number of sulfonamides is 1. The summed E-state index contributed by atoms with van der Waals surface area (Å²) >= 11 is 5.60. The fourth-order valence-corrected chi connectivity index (χ4v) is 2.27. The molecule has 0 atom stereocenters. The highest BCUT2D eigenvalue weighted by Gasteiger charge is 2.13. The molecule has 0 aromatic heterocycles. The highest BCUT2D eigenvalue weighted by Crippen LogP contribution is 2.17. The van der Waals surface area contributed by atoms with Crippen LogP contribution in [0.1, 0.15) is 10.4 Å². The maximum Gasteiger partial charge on any atom is 0.258 e. The molecule has 3 N–H and O–H groups in total. The maximum absolute atomic E-state index is 13.6. The van der Waals surface area contributed by atoms with E-state index in [2.05, 4.69) is 5.32 Å². The van der Waals surface area contributed by atoms with E-state index in [1.165, 1.54) is 36.4 Å². The van der Waals surface area contributed by atoms with Gasteiger partial charge in [-0.2, -0.15) is 0 Å². The fraction of sp³-hybridized carbons (Fsp3) is 0. The fourth-order valence-electron chi connectivity index (χ4n) is 1.60. The van der Waals surface area contributed by atoms with Crippen LogP contribution in [-0.4, -0.2) is 14.3 Å². The van der Waals surface area contributed by atoms with Crippen molar-refractivity contribution in [3.8, 4) is 0 Å². The molecule has 0 spiro atoms. The third kappa shape index (κ3) is 3.78. The van der Waals surface area contributed by atoms with Crippen molar-refractivity contribution < 1.29 is 17.6 Å². The smallest absolute Gasteiger partial charge is 0.258 e. The predicted octanol–water partition coefficient (Wildman–Crippen LogP) is 2.38. The molecule has 0 unspecified atom stereocenters.